The summed E-state index contributed by atoms with van der Waals surface area (Å²) in [6.07, 6.45) is 0.422. The van der Waals surface area contributed by atoms with Gasteiger partial charge < -0.3 is 15.6 Å². The van der Waals surface area contributed by atoms with Gasteiger partial charge in [-0.2, -0.15) is 0 Å². The summed E-state index contributed by atoms with van der Waals surface area (Å²) in [6, 6.07) is -0.305. The van der Waals surface area contributed by atoms with Gasteiger partial charge in [-0.3, -0.25) is 0 Å². The lowest BCUT2D eigenvalue weighted by molar-refractivity contribution is -0.000138. The minimum Gasteiger partial charge on any atom is -0.394 e. The van der Waals surface area contributed by atoms with E-state index in [1.165, 1.54) is 0 Å². The van der Waals surface area contributed by atoms with Crippen molar-refractivity contribution in [3.8, 4) is 0 Å². The average Bonchev–Trinajstić information content (AvgIpc) is 1.99. The van der Waals surface area contributed by atoms with Crippen LogP contribution in [0.3, 0.4) is 0 Å². The summed E-state index contributed by atoms with van der Waals surface area (Å²) >= 11 is 0. The highest BCUT2D eigenvalue weighted by molar-refractivity contribution is 6.10. The van der Waals surface area contributed by atoms with Crippen LogP contribution in [-0.2, 0) is 4.74 Å². The van der Waals surface area contributed by atoms with Gasteiger partial charge in [-0.1, -0.05) is 6.92 Å². The highest BCUT2D eigenvalue weighted by Gasteiger charge is 2.07. The molecule has 0 aliphatic heterocycles. The first-order valence-electron chi connectivity index (χ1n) is 3.46. The Kier molecular flexibility index (Phi) is 5.68. The van der Waals surface area contributed by atoms with E-state index in [0.29, 0.717) is 6.54 Å². The lowest BCUT2D eigenvalue weighted by Crippen LogP contribution is -2.31. The molecule has 2 atom stereocenters. The molecule has 0 saturated carbocycles. The molecule has 4 heteroatoms. The number of aliphatic hydroxyl groups excluding tert-OH is 1. The number of rotatable bonds is 5. The summed E-state index contributed by atoms with van der Waals surface area (Å²) in [5.41, 5.74) is 5.25. The monoisotopic (exact) mass is 143 g/mol. The molecule has 0 unspecified atom stereocenters. The third kappa shape index (κ3) is 3.87. The van der Waals surface area contributed by atoms with Gasteiger partial charge in [-0.15, -0.1) is 0 Å². The van der Waals surface area contributed by atoms with E-state index in [0.717, 1.165) is 6.42 Å². The van der Waals surface area contributed by atoms with Crippen molar-refractivity contribution in [1.29, 1.82) is 0 Å². The fourth-order valence-electron chi connectivity index (χ4n) is 0.517. The predicted molar refractivity (Wildman–Crippen MR) is 40.8 cm³/mol. The second-order valence-corrected chi connectivity index (χ2v) is 2.12. The highest BCUT2D eigenvalue weighted by atomic mass is 16.5. The van der Waals surface area contributed by atoms with Gasteiger partial charge in [0.25, 0.3) is 0 Å². The minimum absolute atomic E-state index is 0.0653. The van der Waals surface area contributed by atoms with Crippen LogP contribution >= 0.6 is 0 Å². The van der Waals surface area contributed by atoms with E-state index < -0.39 is 0 Å². The van der Waals surface area contributed by atoms with Crippen molar-refractivity contribution in [3.63, 3.8) is 0 Å². The number of ether oxygens (including phenoxy) is 1. The average molecular weight is 143 g/mol. The maximum absolute atomic E-state index is 8.61. The van der Waals surface area contributed by atoms with Crippen LogP contribution in [-0.4, -0.2) is 38.2 Å². The molecule has 0 rings (SSSR count). The number of nitrogens with two attached hydrogens (primary N) is 1. The molecule has 0 spiro atoms. The summed E-state index contributed by atoms with van der Waals surface area (Å²) in [5.74, 6) is 0. The number of hydrogen-bond donors (Lipinski definition) is 2. The van der Waals surface area contributed by atoms with Crippen LogP contribution in [0.25, 0.3) is 0 Å². The first-order valence-corrected chi connectivity index (χ1v) is 3.46. The predicted octanol–water partition coefficient (Wildman–Crippen LogP) is -0.773. The fraction of sp³-hybridized carbons (Fsp3) is 1.00. The van der Waals surface area contributed by atoms with Crippen LogP contribution in [0.4, 0.5) is 0 Å². The van der Waals surface area contributed by atoms with Crippen LogP contribution in [0.15, 0.2) is 0 Å². The van der Waals surface area contributed by atoms with Crippen LogP contribution in [0, 0.1) is 0 Å². The fourth-order valence-corrected chi connectivity index (χ4v) is 0.517. The van der Waals surface area contributed by atoms with Crippen molar-refractivity contribution in [2.75, 3.05) is 13.2 Å². The van der Waals surface area contributed by atoms with Crippen molar-refractivity contribution in [2.24, 2.45) is 5.73 Å². The van der Waals surface area contributed by atoms with Crippen LogP contribution < -0.4 is 5.73 Å². The van der Waals surface area contributed by atoms with E-state index >= 15 is 0 Å². The van der Waals surface area contributed by atoms with Gasteiger partial charge in [0, 0.05) is 12.5 Å². The van der Waals surface area contributed by atoms with Gasteiger partial charge in [0.15, 0.2) is 0 Å². The maximum Gasteiger partial charge on any atom is 0.108 e. The third-order valence-corrected chi connectivity index (χ3v) is 1.24. The van der Waals surface area contributed by atoms with Crippen molar-refractivity contribution < 1.29 is 9.84 Å². The quantitative estimate of drug-likeness (QED) is 0.496. The minimum atomic E-state index is -0.310. The zero-order chi connectivity index (χ0) is 7.98. The Hall–Kier alpha value is -0.0551. The lowest BCUT2D eigenvalue weighted by Gasteiger charge is -2.18. The Morgan fingerprint density at radius 2 is 2.30 bits per heavy atom. The second-order valence-electron chi connectivity index (χ2n) is 2.12. The van der Waals surface area contributed by atoms with Gasteiger partial charge in [0.2, 0.25) is 0 Å². The van der Waals surface area contributed by atoms with Gasteiger partial charge in [0.05, 0.1) is 12.7 Å². The molecule has 0 aliphatic carbocycles. The Balaban J connectivity index is 3.41. The largest absolute Gasteiger partial charge is 0.394 e. The second kappa shape index (κ2) is 5.71. The topological polar surface area (TPSA) is 55.5 Å². The Morgan fingerprint density at radius 1 is 1.70 bits per heavy atom. The summed E-state index contributed by atoms with van der Waals surface area (Å²) in [6.45, 7) is 2.16. The lowest BCUT2D eigenvalue weighted by atomic mass is 9.97. The Labute approximate surface area is 63.0 Å². The molecule has 10 heavy (non-hydrogen) atoms. The Bertz CT molecular complexity index is 78.1. The van der Waals surface area contributed by atoms with E-state index in [-0.39, 0.29) is 18.7 Å². The molecule has 0 amide bonds. The van der Waals surface area contributed by atoms with Crippen molar-refractivity contribution in [3.05, 3.63) is 0 Å². The van der Waals surface area contributed by atoms with E-state index in [4.69, 9.17) is 23.4 Å². The van der Waals surface area contributed by atoms with Crippen molar-refractivity contribution in [1.82, 2.24) is 0 Å². The maximum atomic E-state index is 8.61. The molecule has 3 nitrogen and oxygen atoms in total. The standard InChI is InChI=1S/C6H14BNO2/c1-2-6(7)10-5(3-8)4-9/h5-6,9H,2-4,8H2,1H3/t5-,6+/m0/s1. The molecule has 0 aromatic rings. The molecule has 0 heterocycles. The molecule has 58 valence electrons. The molecule has 0 bridgehead atoms. The first-order chi connectivity index (χ1) is 4.74. The number of hydrogen-bond acceptors (Lipinski definition) is 3. The third-order valence-electron chi connectivity index (χ3n) is 1.24. The molecule has 0 aliphatic rings. The molecule has 0 fully saturated rings. The number of aliphatic hydroxyl groups is 1. The van der Waals surface area contributed by atoms with Crippen LogP contribution in [0.5, 0.6) is 0 Å². The van der Waals surface area contributed by atoms with E-state index in [9.17, 15) is 0 Å². The molecular formula is C6H14BNO2. The van der Waals surface area contributed by atoms with E-state index in [2.05, 4.69) is 0 Å². The molecule has 0 aromatic carbocycles. The SMILES string of the molecule is [B][C@@H](CC)O[C@@H](CN)CO. The van der Waals surface area contributed by atoms with Crippen molar-refractivity contribution >= 4 is 7.85 Å². The van der Waals surface area contributed by atoms with Crippen LogP contribution in [0.1, 0.15) is 13.3 Å². The summed E-state index contributed by atoms with van der Waals surface area (Å²) in [5, 5.41) is 8.61. The molecular weight excluding hydrogens is 129 g/mol. The first kappa shape index (κ1) is 9.94. The van der Waals surface area contributed by atoms with Crippen molar-refractivity contribution in [2.45, 2.75) is 25.5 Å². The zero-order valence-electron chi connectivity index (χ0n) is 6.29. The molecule has 2 radical (unpaired) electrons. The Morgan fingerprint density at radius 3 is 2.60 bits per heavy atom. The molecule has 0 aromatic heterocycles. The van der Waals surface area contributed by atoms with Gasteiger partial charge in [0.1, 0.15) is 7.85 Å². The van der Waals surface area contributed by atoms with E-state index in [1.807, 2.05) is 6.92 Å². The van der Waals surface area contributed by atoms with Gasteiger partial charge in [-0.25, -0.2) is 0 Å². The molecule has 0 saturated heterocycles. The van der Waals surface area contributed by atoms with E-state index in [1.54, 1.807) is 0 Å². The van der Waals surface area contributed by atoms with Gasteiger partial charge in [-0.05, 0) is 6.42 Å². The normalized spacial score (nSPS) is 16.7. The molecule has 3 N–H and O–H groups in total. The van der Waals surface area contributed by atoms with Crippen LogP contribution in [0.2, 0.25) is 0 Å². The summed E-state index contributed by atoms with van der Waals surface area (Å²) in [4.78, 5) is 0. The summed E-state index contributed by atoms with van der Waals surface area (Å²) in [7, 11) is 5.44. The zero-order valence-corrected chi connectivity index (χ0v) is 6.29. The van der Waals surface area contributed by atoms with Gasteiger partial charge >= 0.3 is 0 Å². The summed E-state index contributed by atoms with van der Waals surface area (Å²) < 4.78 is 5.10. The smallest absolute Gasteiger partial charge is 0.108 e. The highest BCUT2D eigenvalue weighted by Crippen LogP contribution is 1.96.